The van der Waals surface area contributed by atoms with Crippen molar-refractivity contribution < 1.29 is 5.11 Å². The first-order valence-corrected chi connectivity index (χ1v) is 7.43. The number of rotatable bonds is 6. The molecule has 3 heterocycles. The Bertz CT molecular complexity index is 577. The molecular formula is C15H21N5O. The smallest absolute Gasteiger partial charge is 0.151 e. The summed E-state index contributed by atoms with van der Waals surface area (Å²) in [6.07, 6.45) is 8.11. The standard InChI is InChI=1S/C15H21N5O/c21-9-8-20-12-13(11-18-20)10-17-14-4-3-5-16-15(14)19-6-1-2-7-19/h3-5,11-12,17,21H,1-2,6-10H2. The second-order valence-electron chi connectivity index (χ2n) is 5.26. The van der Waals surface area contributed by atoms with Crippen LogP contribution in [0.1, 0.15) is 18.4 Å². The molecule has 0 bridgehead atoms. The summed E-state index contributed by atoms with van der Waals surface area (Å²) < 4.78 is 1.75. The number of aromatic nitrogens is 3. The third-order valence-electron chi connectivity index (χ3n) is 3.69. The summed E-state index contributed by atoms with van der Waals surface area (Å²) in [5.74, 6) is 1.04. The zero-order valence-electron chi connectivity index (χ0n) is 12.1. The number of aliphatic hydroxyl groups is 1. The molecule has 1 aliphatic rings. The van der Waals surface area contributed by atoms with E-state index in [1.807, 2.05) is 24.7 Å². The molecule has 0 radical (unpaired) electrons. The van der Waals surface area contributed by atoms with E-state index in [4.69, 9.17) is 5.11 Å². The minimum absolute atomic E-state index is 0.107. The zero-order chi connectivity index (χ0) is 14.5. The fraction of sp³-hybridized carbons (Fsp3) is 0.467. The van der Waals surface area contributed by atoms with Gasteiger partial charge in [0.1, 0.15) is 0 Å². The monoisotopic (exact) mass is 287 g/mol. The van der Waals surface area contributed by atoms with Gasteiger partial charge in [0.2, 0.25) is 0 Å². The van der Waals surface area contributed by atoms with Gasteiger partial charge in [0.05, 0.1) is 25.0 Å². The van der Waals surface area contributed by atoms with Gasteiger partial charge in [-0.25, -0.2) is 4.98 Å². The highest BCUT2D eigenvalue weighted by molar-refractivity contribution is 5.65. The Morgan fingerprint density at radius 3 is 2.95 bits per heavy atom. The van der Waals surface area contributed by atoms with Crippen LogP contribution in [0.4, 0.5) is 11.5 Å². The van der Waals surface area contributed by atoms with Crippen LogP contribution >= 0.6 is 0 Å². The predicted octanol–water partition coefficient (Wildman–Crippen LogP) is 1.48. The molecule has 0 aliphatic carbocycles. The van der Waals surface area contributed by atoms with E-state index in [9.17, 15) is 0 Å². The van der Waals surface area contributed by atoms with Crippen LogP contribution < -0.4 is 10.2 Å². The Morgan fingerprint density at radius 2 is 2.14 bits per heavy atom. The Kier molecular flexibility index (Phi) is 4.35. The Labute approximate surface area is 124 Å². The van der Waals surface area contributed by atoms with Gasteiger partial charge in [0.25, 0.3) is 0 Å². The molecule has 2 N–H and O–H groups in total. The van der Waals surface area contributed by atoms with Gasteiger partial charge in [0.15, 0.2) is 5.82 Å². The molecule has 1 saturated heterocycles. The van der Waals surface area contributed by atoms with Gasteiger partial charge >= 0.3 is 0 Å². The minimum atomic E-state index is 0.107. The summed E-state index contributed by atoms with van der Waals surface area (Å²) in [6, 6.07) is 4.02. The number of aliphatic hydroxyl groups excluding tert-OH is 1. The molecule has 21 heavy (non-hydrogen) atoms. The highest BCUT2D eigenvalue weighted by Crippen LogP contribution is 2.26. The van der Waals surface area contributed by atoms with Crippen molar-refractivity contribution in [3.63, 3.8) is 0 Å². The van der Waals surface area contributed by atoms with E-state index in [0.29, 0.717) is 13.1 Å². The number of hydrogen-bond donors (Lipinski definition) is 2. The largest absolute Gasteiger partial charge is 0.394 e. The van der Waals surface area contributed by atoms with Crippen molar-refractivity contribution >= 4 is 11.5 Å². The lowest BCUT2D eigenvalue weighted by atomic mass is 10.3. The molecule has 0 spiro atoms. The molecule has 2 aromatic rings. The fourth-order valence-corrected chi connectivity index (χ4v) is 2.64. The third-order valence-corrected chi connectivity index (χ3v) is 3.69. The molecule has 6 heteroatoms. The van der Waals surface area contributed by atoms with Crippen molar-refractivity contribution in [2.24, 2.45) is 0 Å². The van der Waals surface area contributed by atoms with E-state index in [0.717, 1.165) is 30.2 Å². The number of nitrogens with one attached hydrogen (secondary N) is 1. The van der Waals surface area contributed by atoms with Crippen LogP contribution in [-0.4, -0.2) is 39.6 Å². The highest BCUT2D eigenvalue weighted by Gasteiger charge is 2.16. The zero-order valence-corrected chi connectivity index (χ0v) is 12.1. The van der Waals surface area contributed by atoms with E-state index in [1.165, 1.54) is 12.8 Å². The second-order valence-corrected chi connectivity index (χ2v) is 5.26. The van der Waals surface area contributed by atoms with Crippen LogP contribution in [0.5, 0.6) is 0 Å². The second kappa shape index (κ2) is 6.58. The minimum Gasteiger partial charge on any atom is -0.394 e. The van der Waals surface area contributed by atoms with Crippen molar-refractivity contribution in [3.05, 3.63) is 36.3 Å². The number of hydrogen-bond acceptors (Lipinski definition) is 5. The van der Waals surface area contributed by atoms with Gasteiger partial charge < -0.3 is 15.3 Å². The van der Waals surface area contributed by atoms with Crippen molar-refractivity contribution in [2.75, 3.05) is 29.9 Å². The summed E-state index contributed by atoms with van der Waals surface area (Å²) in [7, 11) is 0. The Hall–Kier alpha value is -2.08. The molecule has 6 nitrogen and oxygen atoms in total. The van der Waals surface area contributed by atoms with Crippen LogP contribution in [0, 0.1) is 0 Å². The summed E-state index contributed by atoms with van der Waals surface area (Å²) in [5, 5.41) is 16.6. The van der Waals surface area contributed by atoms with E-state index in [1.54, 1.807) is 4.68 Å². The number of nitrogens with zero attached hydrogens (tertiary/aromatic N) is 4. The Balaban J connectivity index is 1.66. The van der Waals surface area contributed by atoms with Crippen molar-refractivity contribution in [2.45, 2.75) is 25.9 Å². The first-order chi connectivity index (χ1) is 10.4. The van der Waals surface area contributed by atoms with Gasteiger partial charge in [0, 0.05) is 37.6 Å². The van der Waals surface area contributed by atoms with Crippen LogP contribution in [0.15, 0.2) is 30.7 Å². The maximum Gasteiger partial charge on any atom is 0.151 e. The lowest BCUT2D eigenvalue weighted by molar-refractivity contribution is 0.269. The predicted molar refractivity (Wildman–Crippen MR) is 82.3 cm³/mol. The quantitative estimate of drug-likeness (QED) is 0.842. The number of pyridine rings is 1. The van der Waals surface area contributed by atoms with Crippen LogP contribution in [0.3, 0.4) is 0 Å². The van der Waals surface area contributed by atoms with Gasteiger partial charge in [-0.05, 0) is 25.0 Å². The molecule has 0 unspecified atom stereocenters. The highest BCUT2D eigenvalue weighted by atomic mass is 16.3. The topological polar surface area (TPSA) is 66.2 Å². The maximum atomic E-state index is 8.90. The first-order valence-electron chi connectivity index (χ1n) is 7.43. The van der Waals surface area contributed by atoms with Crippen LogP contribution in [0.25, 0.3) is 0 Å². The third kappa shape index (κ3) is 3.33. The molecule has 0 atom stereocenters. The molecule has 0 amide bonds. The van der Waals surface area contributed by atoms with Gasteiger partial charge in [-0.3, -0.25) is 4.68 Å². The van der Waals surface area contributed by atoms with Gasteiger partial charge in [-0.2, -0.15) is 5.10 Å². The molecule has 0 aromatic carbocycles. The summed E-state index contributed by atoms with van der Waals surface area (Å²) in [6.45, 7) is 3.51. The molecule has 1 fully saturated rings. The molecular weight excluding hydrogens is 266 g/mol. The molecule has 0 saturated carbocycles. The lowest BCUT2D eigenvalue weighted by Crippen LogP contribution is -2.20. The molecule has 1 aliphatic heterocycles. The normalized spacial score (nSPS) is 14.6. The van der Waals surface area contributed by atoms with Crippen LogP contribution in [-0.2, 0) is 13.1 Å². The average molecular weight is 287 g/mol. The first kappa shape index (κ1) is 13.9. The van der Waals surface area contributed by atoms with Crippen LogP contribution in [0.2, 0.25) is 0 Å². The Morgan fingerprint density at radius 1 is 1.29 bits per heavy atom. The van der Waals surface area contributed by atoms with Crippen molar-refractivity contribution in [1.82, 2.24) is 14.8 Å². The molecule has 112 valence electrons. The molecule has 2 aromatic heterocycles. The van der Waals surface area contributed by atoms with Gasteiger partial charge in [-0.1, -0.05) is 0 Å². The summed E-state index contributed by atoms with van der Waals surface area (Å²) >= 11 is 0. The van der Waals surface area contributed by atoms with E-state index >= 15 is 0 Å². The van der Waals surface area contributed by atoms with E-state index in [-0.39, 0.29) is 6.61 Å². The van der Waals surface area contributed by atoms with Crippen molar-refractivity contribution in [1.29, 1.82) is 0 Å². The number of anilines is 2. The van der Waals surface area contributed by atoms with E-state index in [2.05, 4.69) is 26.4 Å². The van der Waals surface area contributed by atoms with Gasteiger partial charge in [-0.15, -0.1) is 0 Å². The van der Waals surface area contributed by atoms with Crippen molar-refractivity contribution in [3.8, 4) is 0 Å². The summed E-state index contributed by atoms with van der Waals surface area (Å²) in [4.78, 5) is 6.85. The lowest BCUT2D eigenvalue weighted by Gasteiger charge is -2.20. The summed E-state index contributed by atoms with van der Waals surface area (Å²) in [5.41, 5.74) is 2.16. The van der Waals surface area contributed by atoms with E-state index < -0.39 is 0 Å². The fourth-order valence-electron chi connectivity index (χ4n) is 2.64. The average Bonchev–Trinajstić information content (AvgIpc) is 3.17. The molecule has 3 rings (SSSR count). The maximum absolute atomic E-state index is 8.90. The SMILES string of the molecule is OCCn1cc(CNc2cccnc2N2CCCC2)cn1.